The van der Waals surface area contributed by atoms with Gasteiger partial charge in [0.1, 0.15) is 17.3 Å². The molecule has 1 aromatic heterocycles. The number of rotatable bonds is 4. The smallest absolute Gasteiger partial charge is 0.277 e. The van der Waals surface area contributed by atoms with Crippen LogP contribution in [0, 0.1) is 13.8 Å². The number of amides is 1. The summed E-state index contributed by atoms with van der Waals surface area (Å²) in [7, 11) is 0. The lowest BCUT2D eigenvalue weighted by Crippen LogP contribution is -2.30. The molecule has 3 aromatic rings. The van der Waals surface area contributed by atoms with Gasteiger partial charge >= 0.3 is 0 Å². The van der Waals surface area contributed by atoms with E-state index in [1.807, 2.05) is 31.2 Å². The lowest BCUT2D eigenvalue weighted by atomic mass is 10.1. The highest BCUT2D eigenvalue weighted by Crippen LogP contribution is 2.28. The van der Waals surface area contributed by atoms with Crippen LogP contribution in [-0.4, -0.2) is 22.4 Å². The zero-order valence-corrected chi connectivity index (χ0v) is 15.6. The highest BCUT2D eigenvalue weighted by atomic mass is 16.2. The van der Waals surface area contributed by atoms with Gasteiger partial charge in [-0.3, -0.25) is 4.79 Å². The Morgan fingerprint density at radius 1 is 1.07 bits per heavy atom. The SMILES string of the molecule is Cc1cccc(CNc2cc(C(=O)N3CCc4ccccc43)nc(C)n2)c1. The summed E-state index contributed by atoms with van der Waals surface area (Å²) < 4.78 is 0. The number of aryl methyl sites for hydroxylation is 2. The quantitative estimate of drug-likeness (QED) is 0.768. The third-order valence-electron chi connectivity index (χ3n) is 4.75. The van der Waals surface area contributed by atoms with Crippen LogP contribution < -0.4 is 10.2 Å². The molecule has 136 valence electrons. The van der Waals surface area contributed by atoms with Crippen molar-refractivity contribution in [3.05, 3.63) is 82.8 Å². The van der Waals surface area contributed by atoms with Gasteiger partial charge in [-0.1, -0.05) is 48.0 Å². The van der Waals surface area contributed by atoms with Gasteiger partial charge in [-0.05, 0) is 37.5 Å². The Labute approximate surface area is 159 Å². The van der Waals surface area contributed by atoms with Crippen molar-refractivity contribution < 1.29 is 4.79 Å². The molecule has 2 heterocycles. The molecule has 0 bridgehead atoms. The topological polar surface area (TPSA) is 58.1 Å². The van der Waals surface area contributed by atoms with Crippen molar-refractivity contribution >= 4 is 17.4 Å². The second-order valence-corrected chi connectivity index (χ2v) is 6.86. The molecule has 2 aromatic carbocycles. The van der Waals surface area contributed by atoms with E-state index in [-0.39, 0.29) is 5.91 Å². The number of nitrogens with one attached hydrogen (secondary N) is 1. The minimum Gasteiger partial charge on any atom is -0.366 e. The van der Waals surface area contributed by atoms with Crippen LogP contribution in [0.3, 0.4) is 0 Å². The molecule has 5 nitrogen and oxygen atoms in total. The number of fused-ring (bicyclic) bond motifs is 1. The molecule has 0 radical (unpaired) electrons. The van der Waals surface area contributed by atoms with E-state index in [9.17, 15) is 4.79 Å². The molecule has 0 atom stereocenters. The van der Waals surface area contributed by atoms with Crippen LogP contribution >= 0.6 is 0 Å². The number of carbonyl (C=O) groups is 1. The molecule has 0 unspecified atom stereocenters. The van der Waals surface area contributed by atoms with E-state index in [2.05, 4.69) is 46.5 Å². The second-order valence-electron chi connectivity index (χ2n) is 6.86. The van der Waals surface area contributed by atoms with E-state index in [1.165, 1.54) is 16.7 Å². The molecule has 4 rings (SSSR count). The van der Waals surface area contributed by atoms with Crippen molar-refractivity contribution in [2.75, 3.05) is 16.8 Å². The first-order valence-corrected chi connectivity index (χ1v) is 9.15. The summed E-state index contributed by atoms with van der Waals surface area (Å²) in [6.45, 7) is 5.22. The fourth-order valence-corrected chi connectivity index (χ4v) is 3.47. The number of anilines is 2. The molecule has 0 fully saturated rings. The second kappa shape index (κ2) is 7.19. The third kappa shape index (κ3) is 3.67. The van der Waals surface area contributed by atoms with Gasteiger partial charge in [0, 0.05) is 24.8 Å². The van der Waals surface area contributed by atoms with E-state index in [1.54, 1.807) is 11.0 Å². The average molecular weight is 358 g/mol. The van der Waals surface area contributed by atoms with Crippen LogP contribution in [0.25, 0.3) is 0 Å². The predicted octanol–water partition coefficient (Wildman–Crippen LogP) is 3.91. The molecule has 27 heavy (non-hydrogen) atoms. The third-order valence-corrected chi connectivity index (χ3v) is 4.75. The van der Waals surface area contributed by atoms with Crippen molar-refractivity contribution in [3.8, 4) is 0 Å². The average Bonchev–Trinajstić information content (AvgIpc) is 3.09. The van der Waals surface area contributed by atoms with Gasteiger partial charge < -0.3 is 10.2 Å². The van der Waals surface area contributed by atoms with Crippen LogP contribution in [0.2, 0.25) is 0 Å². The Balaban J connectivity index is 1.55. The maximum absolute atomic E-state index is 13.0. The zero-order valence-electron chi connectivity index (χ0n) is 15.6. The summed E-state index contributed by atoms with van der Waals surface area (Å²) >= 11 is 0. The summed E-state index contributed by atoms with van der Waals surface area (Å²) in [6, 6.07) is 18.1. The summed E-state index contributed by atoms with van der Waals surface area (Å²) in [6.07, 6.45) is 0.879. The van der Waals surface area contributed by atoms with Crippen molar-refractivity contribution in [1.82, 2.24) is 9.97 Å². The molecule has 1 N–H and O–H groups in total. The first-order valence-electron chi connectivity index (χ1n) is 9.15. The van der Waals surface area contributed by atoms with Gasteiger partial charge in [-0.15, -0.1) is 0 Å². The van der Waals surface area contributed by atoms with Crippen molar-refractivity contribution in [3.63, 3.8) is 0 Å². The molecular weight excluding hydrogens is 336 g/mol. The Kier molecular flexibility index (Phi) is 4.59. The highest BCUT2D eigenvalue weighted by molar-refractivity contribution is 6.06. The van der Waals surface area contributed by atoms with Crippen molar-refractivity contribution in [2.45, 2.75) is 26.8 Å². The van der Waals surface area contributed by atoms with Gasteiger partial charge in [0.25, 0.3) is 5.91 Å². The fourth-order valence-electron chi connectivity index (χ4n) is 3.47. The molecular formula is C22H22N4O. The Morgan fingerprint density at radius 2 is 1.93 bits per heavy atom. The lowest BCUT2D eigenvalue weighted by molar-refractivity contribution is 0.0984. The normalized spacial score (nSPS) is 12.7. The van der Waals surface area contributed by atoms with E-state index < -0.39 is 0 Å². The van der Waals surface area contributed by atoms with E-state index in [0.717, 1.165) is 12.1 Å². The van der Waals surface area contributed by atoms with Gasteiger partial charge in [-0.2, -0.15) is 0 Å². The van der Waals surface area contributed by atoms with Crippen LogP contribution in [0.1, 0.15) is 33.0 Å². The molecule has 1 aliphatic heterocycles. The minimum atomic E-state index is -0.0796. The van der Waals surface area contributed by atoms with Crippen LogP contribution in [0.15, 0.2) is 54.6 Å². The van der Waals surface area contributed by atoms with Gasteiger partial charge in [0.15, 0.2) is 0 Å². The van der Waals surface area contributed by atoms with Gasteiger partial charge in [0.05, 0.1) is 0 Å². The maximum Gasteiger partial charge on any atom is 0.277 e. The maximum atomic E-state index is 13.0. The Morgan fingerprint density at radius 3 is 2.78 bits per heavy atom. The largest absolute Gasteiger partial charge is 0.366 e. The van der Waals surface area contributed by atoms with Gasteiger partial charge in [0.2, 0.25) is 0 Å². The fraction of sp³-hybridized carbons (Fsp3) is 0.227. The molecule has 1 amide bonds. The molecule has 5 heteroatoms. The Hall–Kier alpha value is -3.21. The summed E-state index contributed by atoms with van der Waals surface area (Å²) in [5.41, 5.74) is 5.00. The van der Waals surface area contributed by atoms with Crippen molar-refractivity contribution in [2.24, 2.45) is 0 Å². The summed E-state index contributed by atoms with van der Waals surface area (Å²) in [4.78, 5) is 23.7. The lowest BCUT2D eigenvalue weighted by Gasteiger charge is -2.17. The Bertz CT molecular complexity index is 999. The molecule has 0 saturated carbocycles. The number of para-hydroxylation sites is 1. The predicted molar refractivity (Wildman–Crippen MR) is 107 cm³/mol. The summed E-state index contributed by atoms with van der Waals surface area (Å²) in [5, 5.41) is 3.31. The summed E-state index contributed by atoms with van der Waals surface area (Å²) in [5.74, 6) is 1.17. The zero-order chi connectivity index (χ0) is 18.8. The number of hydrogen-bond donors (Lipinski definition) is 1. The number of carbonyl (C=O) groups excluding carboxylic acids is 1. The monoisotopic (exact) mass is 358 g/mol. The highest BCUT2D eigenvalue weighted by Gasteiger charge is 2.26. The van der Waals surface area contributed by atoms with Crippen molar-refractivity contribution in [1.29, 1.82) is 0 Å². The van der Waals surface area contributed by atoms with E-state index in [0.29, 0.717) is 30.4 Å². The number of aromatic nitrogens is 2. The van der Waals surface area contributed by atoms with Gasteiger partial charge in [-0.25, -0.2) is 9.97 Å². The van der Waals surface area contributed by atoms with E-state index >= 15 is 0 Å². The molecule has 0 spiro atoms. The number of nitrogens with zero attached hydrogens (tertiary/aromatic N) is 3. The number of hydrogen-bond acceptors (Lipinski definition) is 4. The first kappa shape index (κ1) is 17.2. The molecule has 0 saturated heterocycles. The standard InChI is InChI=1S/C22H22N4O/c1-15-6-5-7-17(12-15)14-23-21-13-19(24-16(2)25-21)22(27)26-11-10-18-8-3-4-9-20(18)26/h3-9,12-13H,10-11,14H2,1-2H3,(H,23,24,25). The van der Waals surface area contributed by atoms with Crippen LogP contribution in [-0.2, 0) is 13.0 Å². The molecule has 1 aliphatic rings. The molecule has 0 aliphatic carbocycles. The minimum absolute atomic E-state index is 0.0796. The number of benzene rings is 2. The van der Waals surface area contributed by atoms with Crippen LogP contribution in [0.5, 0.6) is 0 Å². The van der Waals surface area contributed by atoms with E-state index in [4.69, 9.17) is 0 Å². The first-order chi connectivity index (χ1) is 13.1. The van der Waals surface area contributed by atoms with Crippen LogP contribution in [0.4, 0.5) is 11.5 Å².